The first-order chi connectivity index (χ1) is 7.20. The van der Waals surface area contributed by atoms with Crippen molar-refractivity contribution in [2.75, 3.05) is 0 Å². The van der Waals surface area contributed by atoms with Gasteiger partial charge in [-0.3, -0.25) is 4.98 Å². The Hall–Kier alpha value is -1.95. The van der Waals surface area contributed by atoms with E-state index in [1.54, 1.807) is 6.07 Å². The Morgan fingerprint density at radius 3 is 2.93 bits per heavy atom. The minimum absolute atomic E-state index is 0.263. The van der Waals surface area contributed by atoms with Gasteiger partial charge in [0.15, 0.2) is 0 Å². The van der Waals surface area contributed by atoms with Crippen molar-refractivity contribution < 1.29 is 4.39 Å². The summed E-state index contributed by atoms with van der Waals surface area (Å²) < 4.78 is 13.0. The van der Waals surface area contributed by atoms with Crippen molar-refractivity contribution in [1.29, 1.82) is 5.26 Å². The lowest BCUT2D eigenvalue weighted by Crippen LogP contribution is -1.92. The first kappa shape index (κ1) is 9.60. The Morgan fingerprint density at radius 2 is 2.20 bits per heavy atom. The number of nitrogens with zero attached hydrogens (tertiary/aromatic N) is 2. The van der Waals surface area contributed by atoms with Crippen molar-refractivity contribution in [2.45, 2.75) is 13.3 Å². The molecule has 1 aromatic carbocycles. The molecule has 0 saturated heterocycles. The number of nitriles is 1. The van der Waals surface area contributed by atoms with E-state index in [0.717, 1.165) is 22.2 Å². The molecule has 1 aromatic heterocycles. The number of hydrogen-bond acceptors (Lipinski definition) is 2. The maximum absolute atomic E-state index is 13.0. The predicted octanol–water partition coefficient (Wildman–Crippen LogP) is 2.75. The Bertz CT molecular complexity index is 555. The molecule has 0 aliphatic rings. The summed E-state index contributed by atoms with van der Waals surface area (Å²) in [5.41, 5.74) is 2.42. The standard InChI is InChI=1S/C12H9FN2/c1-8-6-10(4-5-14)15-12-3-2-9(13)7-11(8)12/h2-3,6-7H,4H2,1H3. The molecule has 0 N–H and O–H groups in total. The summed E-state index contributed by atoms with van der Waals surface area (Å²) in [6.45, 7) is 1.89. The maximum Gasteiger partial charge on any atom is 0.123 e. The largest absolute Gasteiger partial charge is 0.252 e. The van der Waals surface area contributed by atoms with Gasteiger partial charge in [-0.05, 0) is 36.8 Å². The van der Waals surface area contributed by atoms with E-state index in [4.69, 9.17) is 5.26 Å². The van der Waals surface area contributed by atoms with Gasteiger partial charge in [-0.25, -0.2) is 4.39 Å². The quantitative estimate of drug-likeness (QED) is 0.709. The van der Waals surface area contributed by atoms with Gasteiger partial charge >= 0.3 is 0 Å². The highest BCUT2D eigenvalue weighted by Gasteiger charge is 2.03. The van der Waals surface area contributed by atoms with Gasteiger partial charge in [0, 0.05) is 5.39 Å². The number of fused-ring (bicyclic) bond motifs is 1. The molecule has 2 nitrogen and oxygen atoms in total. The summed E-state index contributed by atoms with van der Waals surface area (Å²) in [4.78, 5) is 4.28. The lowest BCUT2D eigenvalue weighted by Gasteiger charge is -2.03. The Kier molecular flexibility index (Phi) is 2.34. The van der Waals surface area contributed by atoms with Crippen LogP contribution in [0.2, 0.25) is 0 Å². The third-order valence-corrected chi connectivity index (χ3v) is 2.29. The molecule has 0 spiro atoms. The van der Waals surface area contributed by atoms with Crippen molar-refractivity contribution in [1.82, 2.24) is 4.98 Å². The highest BCUT2D eigenvalue weighted by atomic mass is 19.1. The number of rotatable bonds is 1. The molecule has 0 bridgehead atoms. The van der Waals surface area contributed by atoms with Crippen LogP contribution in [0.25, 0.3) is 10.9 Å². The van der Waals surface area contributed by atoms with Crippen LogP contribution in [0.3, 0.4) is 0 Å². The normalized spacial score (nSPS) is 10.2. The number of halogens is 1. The molecule has 0 aliphatic carbocycles. The van der Waals surface area contributed by atoms with Crippen LogP contribution in [0, 0.1) is 24.1 Å². The highest BCUT2D eigenvalue weighted by Crippen LogP contribution is 2.19. The topological polar surface area (TPSA) is 36.7 Å². The van der Waals surface area contributed by atoms with Crippen LogP contribution in [0.1, 0.15) is 11.3 Å². The Labute approximate surface area is 87.0 Å². The van der Waals surface area contributed by atoms with Gasteiger partial charge in [0.2, 0.25) is 0 Å². The second-order valence-corrected chi connectivity index (χ2v) is 3.43. The lowest BCUT2D eigenvalue weighted by molar-refractivity contribution is 0.629. The first-order valence-corrected chi connectivity index (χ1v) is 4.63. The molecular weight excluding hydrogens is 191 g/mol. The lowest BCUT2D eigenvalue weighted by atomic mass is 10.1. The van der Waals surface area contributed by atoms with E-state index in [0.29, 0.717) is 0 Å². The molecule has 15 heavy (non-hydrogen) atoms. The second kappa shape index (κ2) is 3.66. The van der Waals surface area contributed by atoms with Crippen molar-refractivity contribution in [2.24, 2.45) is 0 Å². The van der Waals surface area contributed by atoms with Gasteiger partial charge in [0.05, 0.1) is 23.7 Å². The molecule has 2 rings (SSSR count). The molecule has 2 aromatic rings. The summed E-state index contributed by atoms with van der Waals surface area (Å²) in [6.07, 6.45) is 0.286. The fourth-order valence-electron chi connectivity index (χ4n) is 1.61. The summed E-state index contributed by atoms with van der Waals surface area (Å²) in [5, 5.41) is 9.38. The Balaban J connectivity index is 2.68. The molecule has 1 heterocycles. The molecule has 0 unspecified atom stereocenters. The number of aryl methyl sites for hydroxylation is 1. The van der Waals surface area contributed by atoms with Gasteiger partial charge < -0.3 is 0 Å². The molecule has 3 heteroatoms. The average Bonchev–Trinajstić information content (AvgIpc) is 2.20. The minimum atomic E-state index is -0.263. The summed E-state index contributed by atoms with van der Waals surface area (Å²) in [7, 11) is 0. The van der Waals surface area contributed by atoms with Crippen LogP contribution >= 0.6 is 0 Å². The predicted molar refractivity (Wildman–Crippen MR) is 55.8 cm³/mol. The molecular formula is C12H9FN2. The van der Waals surface area contributed by atoms with Crippen molar-refractivity contribution >= 4 is 10.9 Å². The third kappa shape index (κ3) is 1.79. The summed E-state index contributed by atoms with van der Waals surface area (Å²) >= 11 is 0. The van der Waals surface area contributed by atoms with Crippen LogP contribution in [-0.4, -0.2) is 4.98 Å². The number of pyridine rings is 1. The van der Waals surface area contributed by atoms with Crippen LogP contribution in [0.5, 0.6) is 0 Å². The maximum atomic E-state index is 13.0. The Morgan fingerprint density at radius 1 is 1.40 bits per heavy atom. The zero-order valence-corrected chi connectivity index (χ0v) is 8.29. The molecule has 0 saturated carbocycles. The van der Waals surface area contributed by atoms with E-state index >= 15 is 0 Å². The van der Waals surface area contributed by atoms with Crippen LogP contribution in [-0.2, 0) is 6.42 Å². The van der Waals surface area contributed by atoms with Gasteiger partial charge in [-0.2, -0.15) is 5.26 Å². The fraction of sp³-hybridized carbons (Fsp3) is 0.167. The van der Waals surface area contributed by atoms with E-state index in [1.807, 2.05) is 13.0 Å². The monoisotopic (exact) mass is 200 g/mol. The molecule has 0 fully saturated rings. The zero-order valence-electron chi connectivity index (χ0n) is 8.29. The smallest absolute Gasteiger partial charge is 0.123 e. The number of aromatic nitrogens is 1. The minimum Gasteiger partial charge on any atom is -0.252 e. The van der Waals surface area contributed by atoms with E-state index in [9.17, 15) is 4.39 Å². The van der Waals surface area contributed by atoms with Gasteiger partial charge in [-0.15, -0.1) is 0 Å². The fourth-order valence-corrected chi connectivity index (χ4v) is 1.61. The van der Waals surface area contributed by atoms with Gasteiger partial charge in [0.25, 0.3) is 0 Å². The van der Waals surface area contributed by atoms with Crippen LogP contribution in [0.15, 0.2) is 24.3 Å². The van der Waals surface area contributed by atoms with Crippen molar-refractivity contribution in [3.63, 3.8) is 0 Å². The summed E-state index contributed by atoms with van der Waals surface area (Å²) in [5.74, 6) is -0.263. The van der Waals surface area contributed by atoms with E-state index < -0.39 is 0 Å². The van der Waals surface area contributed by atoms with E-state index in [1.165, 1.54) is 12.1 Å². The molecule has 0 radical (unpaired) electrons. The highest BCUT2D eigenvalue weighted by molar-refractivity contribution is 5.82. The second-order valence-electron chi connectivity index (χ2n) is 3.43. The molecule has 0 amide bonds. The zero-order chi connectivity index (χ0) is 10.8. The van der Waals surface area contributed by atoms with Crippen molar-refractivity contribution in [3.05, 3.63) is 41.3 Å². The van der Waals surface area contributed by atoms with E-state index in [2.05, 4.69) is 11.1 Å². The van der Waals surface area contributed by atoms with Crippen LogP contribution in [0.4, 0.5) is 4.39 Å². The SMILES string of the molecule is Cc1cc(CC#N)nc2ccc(F)cc12. The van der Waals surface area contributed by atoms with Crippen LogP contribution < -0.4 is 0 Å². The summed E-state index contributed by atoms with van der Waals surface area (Å²) in [6, 6.07) is 8.36. The third-order valence-electron chi connectivity index (χ3n) is 2.29. The number of benzene rings is 1. The number of hydrogen-bond donors (Lipinski definition) is 0. The van der Waals surface area contributed by atoms with Gasteiger partial charge in [0.1, 0.15) is 5.82 Å². The molecule has 74 valence electrons. The van der Waals surface area contributed by atoms with E-state index in [-0.39, 0.29) is 12.2 Å². The average molecular weight is 200 g/mol. The van der Waals surface area contributed by atoms with Crippen molar-refractivity contribution in [3.8, 4) is 6.07 Å². The first-order valence-electron chi connectivity index (χ1n) is 4.63. The molecule has 0 atom stereocenters. The van der Waals surface area contributed by atoms with Gasteiger partial charge in [-0.1, -0.05) is 0 Å². The molecule has 0 aliphatic heterocycles.